The zero-order valence-electron chi connectivity index (χ0n) is 12.0. The van der Waals surface area contributed by atoms with Gasteiger partial charge in [-0.1, -0.05) is 6.07 Å². The number of morpholine rings is 1. The fourth-order valence-corrected chi connectivity index (χ4v) is 2.38. The lowest BCUT2D eigenvalue weighted by atomic mass is 10.1. The van der Waals surface area contributed by atoms with Crippen molar-refractivity contribution in [2.45, 2.75) is 33.0 Å². The molecule has 1 aromatic rings. The molecular weight excluding hydrogens is 258 g/mol. The number of ether oxygens (including phenoxy) is 2. The molecule has 5 heteroatoms. The molecule has 1 heterocycles. The lowest BCUT2D eigenvalue weighted by molar-refractivity contribution is -0.131. The average Bonchev–Trinajstić information content (AvgIpc) is 2.36. The first-order chi connectivity index (χ1) is 9.45. The van der Waals surface area contributed by atoms with Crippen LogP contribution in [0.5, 0.6) is 5.75 Å². The molecule has 1 fully saturated rings. The van der Waals surface area contributed by atoms with Crippen molar-refractivity contribution < 1.29 is 19.1 Å². The van der Waals surface area contributed by atoms with Gasteiger partial charge in [0.25, 0.3) is 5.91 Å². The summed E-state index contributed by atoms with van der Waals surface area (Å²) in [6, 6.07) is 6.68. The maximum atomic E-state index is 12.5. The zero-order valence-corrected chi connectivity index (χ0v) is 12.0. The smallest absolute Gasteiger partial charge is 0.308 e. The summed E-state index contributed by atoms with van der Waals surface area (Å²) in [5, 5.41) is 0. The molecule has 20 heavy (non-hydrogen) atoms. The van der Waals surface area contributed by atoms with E-state index in [9.17, 15) is 9.59 Å². The summed E-state index contributed by atoms with van der Waals surface area (Å²) < 4.78 is 10.6. The van der Waals surface area contributed by atoms with Crippen molar-refractivity contribution in [3.05, 3.63) is 29.8 Å². The number of carbonyl (C=O) groups excluding carboxylic acids is 2. The molecule has 108 valence electrons. The van der Waals surface area contributed by atoms with E-state index in [-0.39, 0.29) is 18.1 Å². The number of hydrogen-bond donors (Lipinski definition) is 0. The van der Waals surface area contributed by atoms with Gasteiger partial charge in [0.05, 0.1) is 12.2 Å². The quantitative estimate of drug-likeness (QED) is 0.611. The predicted molar refractivity (Wildman–Crippen MR) is 73.7 cm³/mol. The van der Waals surface area contributed by atoms with Crippen LogP contribution in [0.2, 0.25) is 0 Å². The summed E-state index contributed by atoms with van der Waals surface area (Å²) >= 11 is 0. The van der Waals surface area contributed by atoms with E-state index >= 15 is 0 Å². The van der Waals surface area contributed by atoms with Crippen LogP contribution in [0.25, 0.3) is 0 Å². The van der Waals surface area contributed by atoms with Gasteiger partial charge in [0.2, 0.25) is 0 Å². The van der Waals surface area contributed by atoms with Crippen molar-refractivity contribution in [1.82, 2.24) is 4.90 Å². The summed E-state index contributed by atoms with van der Waals surface area (Å²) in [7, 11) is 0. The Morgan fingerprint density at radius 2 is 1.90 bits per heavy atom. The van der Waals surface area contributed by atoms with E-state index < -0.39 is 5.97 Å². The maximum absolute atomic E-state index is 12.5. The summed E-state index contributed by atoms with van der Waals surface area (Å²) in [6.45, 7) is 6.37. The lowest BCUT2D eigenvalue weighted by Crippen LogP contribution is -2.48. The van der Waals surface area contributed by atoms with E-state index in [1.807, 2.05) is 13.8 Å². The highest BCUT2D eigenvalue weighted by atomic mass is 16.5. The average molecular weight is 277 g/mol. The Morgan fingerprint density at radius 3 is 2.50 bits per heavy atom. The molecular formula is C15H19NO4. The largest absolute Gasteiger partial charge is 0.427 e. The second-order valence-corrected chi connectivity index (χ2v) is 5.09. The predicted octanol–water partition coefficient (Wildman–Crippen LogP) is 1.86. The van der Waals surface area contributed by atoms with Crippen molar-refractivity contribution in [3.63, 3.8) is 0 Å². The monoisotopic (exact) mass is 277 g/mol. The Hall–Kier alpha value is -1.88. The molecule has 5 nitrogen and oxygen atoms in total. The number of hydrogen-bond acceptors (Lipinski definition) is 4. The van der Waals surface area contributed by atoms with Gasteiger partial charge < -0.3 is 14.4 Å². The van der Waals surface area contributed by atoms with Gasteiger partial charge in [-0.05, 0) is 32.0 Å². The summed E-state index contributed by atoms with van der Waals surface area (Å²) in [5.41, 5.74) is 0.519. The second kappa shape index (κ2) is 6.05. The second-order valence-electron chi connectivity index (χ2n) is 5.09. The standard InChI is InChI=1S/C15H19NO4/c1-10-8-16(9-11(2)19-10)15(18)13-5-4-6-14(7-13)20-12(3)17/h4-7,10-11H,8-9H2,1-3H3/t10-,11-/m1/s1. The third-order valence-electron chi connectivity index (χ3n) is 3.05. The Morgan fingerprint density at radius 1 is 1.25 bits per heavy atom. The van der Waals surface area contributed by atoms with Crippen LogP contribution in [0, 0.1) is 0 Å². The number of rotatable bonds is 2. The summed E-state index contributed by atoms with van der Waals surface area (Å²) in [6.07, 6.45) is 0.0544. The van der Waals surface area contributed by atoms with E-state index in [0.29, 0.717) is 24.4 Å². The Balaban J connectivity index is 2.14. The van der Waals surface area contributed by atoms with Crippen LogP contribution in [-0.2, 0) is 9.53 Å². The number of nitrogens with zero attached hydrogens (tertiary/aromatic N) is 1. The molecule has 1 aromatic carbocycles. The first kappa shape index (κ1) is 14.5. The van der Waals surface area contributed by atoms with Gasteiger partial charge >= 0.3 is 5.97 Å². The Kier molecular flexibility index (Phi) is 4.39. The topological polar surface area (TPSA) is 55.8 Å². The Bertz CT molecular complexity index is 504. The molecule has 0 spiro atoms. The van der Waals surface area contributed by atoms with Gasteiger partial charge in [0.1, 0.15) is 5.75 Å². The zero-order chi connectivity index (χ0) is 14.7. The highest BCUT2D eigenvalue weighted by Gasteiger charge is 2.26. The van der Waals surface area contributed by atoms with Gasteiger partial charge in [-0.15, -0.1) is 0 Å². The normalized spacial score (nSPS) is 22.4. The minimum atomic E-state index is -0.400. The molecule has 1 aliphatic heterocycles. The van der Waals surface area contributed by atoms with Crippen LogP contribution >= 0.6 is 0 Å². The van der Waals surface area contributed by atoms with E-state index in [1.54, 1.807) is 29.2 Å². The minimum absolute atomic E-state index is 0.0272. The molecule has 1 saturated heterocycles. The van der Waals surface area contributed by atoms with Crippen molar-refractivity contribution >= 4 is 11.9 Å². The fraction of sp³-hybridized carbons (Fsp3) is 0.467. The van der Waals surface area contributed by atoms with E-state index in [1.165, 1.54) is 6.92 Å². The van der Waals surface area contributed by atoms with Crippen LogP contribution in [0.1, 0.15) is 31.1 Å². The molecule has 0 unspecified atom stereocenters. The molecule has 2 rings (SSSR count). The molecule has 2 atom stereocenters. The molecule has 0 radical (unpaired) electrons. The Labute approximate surface area is 118 Å². The minimum Gasteiger partial charge on any atom is -0.427 e. The van der Waals surface area contributed by atoms with Crippen LogP contribution in [0.3, 0.4) is 0 Å². The number of amides is 1. The molecule has 1 amide bonds. The van der Waals surface area contributed by atoms with E-state index in [0.717, 1.165) is 0 Å². The highest BCUT2D eigenvalue weighted by molar-refractivity contribution is 5.94. The molecule has 0 N–H and O–H groups in total. The van der Waals surface area contributed by atoms with Gasteiger partial charge in [-0.2, -0.15) is 0 Å². The first-order valence-corrected chi connectivity index (χ1v) is 6.69. The van der Waals surface area contributed by atoms with E-state index in [2.05, 4.69) is 0 Å². The lowest BCUT2D eigenvalue weighted by Gasteiger charge is -2.35. The third-order valence-corrected chi connectivity index (χ3v) is 3.05. The fourth-order valence-electron chi connectivity index (χ4n) is 2.38. The van der Waals surface area contributed by atoms with Crippen molar-refractivity contribution in [1.29, 1.82) is 0 Å². The van der Waals surface area contributed by atoms with Crippen LogP contribution < -0.4 is 4.74 Å². The maximum Gasteiger partial charge on any atom is 0.308 e. The SMILES string of the molecule is CC(=O)Oc1cccc(C(=O)N2C[C@@H](C)O[C@H](C)C2)c1. The number of benzene rings is 1. The van der Waals surface area contributed by atoms with Gasteiger partial charge in [-0.25, -0.2) is 0 Å². The number of carbonyl (C=O) groups is 2. The van der Waals surface area contributed by atoms with Gasteiger partial charge in [-0.3, -0.25) is 9.59 Å². The highest BCUT2D eigenvalue weighted by Crippen LogP contribution is 2.18. The molecule has 0 aromatic heterocycles. The van der Waals surface area contributed by atoms with Gasteiger partial charge in [0, 0.05) is 25.6 Å². The van der Waals surface area contributed by atoms with Crippen LogP contribution in [0.4, 0.5) is 0 Å². The van der Waals surface area contributed by atoms with Gasteiger partial charge in [0.15, 0.2) is 0 Å². The third kappa shape index (κ3) is 3.57. The molecule has 0 aliphatic carbocycles. The van der Waals surface area contributed by atoms with Crippen LogP contribution in [-0.4, -0.2) is 42.1 Å². The molecule has 0 saturated carbocycles. The molecule has 1 aliphatic rings. The van der Waals surface area contributed by atoms with Crippen LogP contribution in [0.15, 0.2) is 24.3 Å². The first-order valence-electron chi connectivity index (χ1n) is 6.69. The van der Waals surface area contributed by atoms with Crippen molar-refractivity contribution in [3.8, 4) is 5.75 Å². The summed E-state index contributed by atoms with van der Waals surface area (Å²) in [4.78, 5) is 25.2. The molecule has 0 bridgehead atoms. The number of esters is 1. The van der Waals surface area contributed by atoms with Crippen molar-refractivity contribution in [2.24, 2.45) is 0 Å². The van der Waals surface area contributed by atoms with Crippen molar-refractivity contribution in [2.75, 3.05) is 13.1 Å². The van der Waals surface area contributed by atoms with E-state index in [4.69, 9.17) is 9.47 Å². The summed E-state index contributed by atoms with van der Waals surface area (Å²) in [5.74, 6) is -0.0816.